The van der Waals surface area contributed by atoms with Gasteiger partial charge in [0.25, 0.3) is 0 Å². The highest BCUT2D eigenvalue weighted by molar-refractivity contribution is 7.89. The van der Waals surface area contributed by atoms with Crippen LogP contribution in [0.5, 0.6) is 0 Å². The van der Waals surface area contributed by atoms with E-state index in [1.54, 1.807) is 18.2 Å². The number of nitrogens with one attached hydrogen (secondary N) is 1. The number of nitrogens with zero attached hydrogens (tertiary/aromatic N) is 1. The minimum Gasteiger partial charge on any atom is -0.397 e. The number of nitrogens with two attached hydrogens (primary N) is 1. The topological polar surface area (TPSA) is 75.4 Å². The molecule has 0 aromatic heterocycles. The molecule has 0 aliphatic heterocycles. The number of hydrogen-bond acceptors (Lipinski definition) is 4. The zero-order valence-corrected chi connectivity index (χ0v) is 13.6. The van der Waals surface area contributed by atoms with Crippen molar-refractivity contribution in [1.82, 2.24) is 4.31 Å². The molecule has 6 heteroatoms. The van der Waals surface area contributed by atoms with Crippen LogP contribution in [0.25, 0.3) is 0 Å². The SMILES string of the molecule is CN(C)S(=O)(=O)c1ccc(N)c(NCC2CCCCC2)c1. The van der Waals surface area contributed by atoms with Crippen LogP contribution in [0.2, 0.25) is 0 Å². The summed E-state index contributed by atoms with van der Waals surface area (Å²) < 4.78 is 25.5. The van der Waals surface area contributed by atoms with E-state index in [0.29, 0.717) is 17.3 Å². The molecule has 118 valence electrons. The first kappa shape index (κ1) is 16.1. The average Bonchev–Trinajstić information content (AvgIpc) is 2.47. The van der Waals surface area contributed by atoms with Gasteiger partial charge in [-0.05, 0) is 37.0 Å². The van der Waals surface area contributed by atoms with Gasteiger partial charge in [-0.25, -0.2) is 12.7 Å². The Bertz CT molecular complexity index is 579. The standard InChI is InChI=1S/C15H25N3O2S/c1-18(2)21(19,20)13-8-9-14(16)15(10-13)17-11-12-6-4-3-5-7-12/h8-10,12,17H,3-7,11,16H2,1-2H3. The summed E-state index contributed by atoms with van der Waals surface area (Å²) in [6.45, 7) is 0.857. The van der Waals surface area contributed by atoms with Crippen molar-refractivity contribution in [2.24, 2.45) is 5.92 Å². The van der Waals surface area contributed by atoms with E-state index in [-0.39, 0.29) is 4.90 Å². The zero-order chi connectivity index (χ0) is 15.5. The minimum atomic E-state index is -3.42. The fraction of sp³-hybridized carbons (Fsp3) is 0.600. The van der Waals surface area contributed by atoms with Gasteiger partial charge in [-0.3, -0.25) is 0 Å². The maximum atomic E-state index is 12.2. The third-order valence-electron chi connectivity index (χ3n) is 4.11. The highest BCUT2D eigenvalue weighted by Gasteiger charge is 2.19. The van der Waals surface area contributed by atoms with Gasteiger partial charge >= 0.3 is 0 Å². The fourth-order valence-electron chi connectivity index (χ4n) is 2.71. The average molecular weight is 311 g/mol. The van der Waals surface area contributed by atoms with Crippen molar-refractivity contribution in [3.05, 3.63) is 18.2 Å². The first-order chi connectivity index (χ1) is 9.91. The van der Waals surface area contributed by atoms with Crippen LogP contribution in [0.1, 0.15) is 32.1 Å². The van der Waals surface area contributed by atoms with Crippen molar-refractivity contribution in [2.75, 3.05) is 31.7 Å². The van der Waals surface area contributed by atoms with Crippen LogP contribution in [0.4, 0.5) is 11.4 Å². The smallest absolute Gasteiger partial charge is 0.242 e. The van der Waals surface area contributed by atoms with Gasteiger partial charge in [-0.1, -0.05) is 19.3 Å². The maximum Gasteiger partial charge on any atom is 0.242 e. The van der Waals surface area contributed by atoms with E-state index in [1.165, 1.54) is 50.5 Å². The molecule has 0 spiro atoms. The van der Waals surface area contributed by atoms with Gasteiger partial charge in [0.1, 0.15) is 0 Å². The summed E-state index contributed by atoms with van der Waals surface area (Å²) in [4.78, 5) is 0.271. The Morgan fingerprint density at radius 2 is 1.90 bits per heavy atom. The first-order valence-corrected chi connectivity index (χ1v) is 8.91. The van der Waals surface area contributed by atoms with Crippen molar-refractivity contribution in [2.45, 2.75) is 37.0 Å². The second-order valence-electron chi connectivity index (χ2n) is 5.92. The quantitative estimate of drug-likeness (QED) is 0.819. The van der Waals surface area contributed by atoms with Gasteiger partial charge in [-0.15, -0.1) is 0 Å². The van der Waals surface area contributed by atoms with Crippen molar-refractivity contribution in [3.63, 3.8) is 0 Å². The monoisotopic (exact) mass is 311 g/mol. The molecule has 0 bridgehead atoms. The van der Waals surface area contributed by atoms with E-state index in [0.717, 1.165) is 6.54 Å². The van der Waals surface area contributed by atoms with Crippen LogP contribution < -0.4 is 11.1 Å². The van der Waals surface area contributed by atoms with Gasteiger partial charge in [0.2, 0.25) is 10.0 Å². The normalized spacial score (nSPS) is 17.1. The zero-order valence-electron chi connectivity index (χ0n) is 12.8. The Morgan fingerprint density at radius 1 is 1.24 bits per heavy atom. The lowest BCUT2D eigenvalue weighted by molar-refractivity contribution is 0.373. The van der Waals surface area contributed by atoms with Crippen LogP contribution in [0.3, 0.4) is 0 Å². The van der Waals surface area contributed by atoms with E-state index in [9.17, 15) is 8.42 Å². The predicted molar refractivity (Wildman–Crippen MR) is 86.8 cm³/mol. The summed E-state index contributed by atoms with van der Waals surface area (Å²) in [5, 5.41) is 3.33. The summed E-state index contributed by atoms with van der Waals surface area (Å²) in [5.74, 6) is 0.660. The molecule has 0 saturated heterocycles. The first-order valence-electron chi connectivity index (χ1n) is 7.47. The van der Waals surface area contributed by atoms with E-state index in [2.05, 4.69) is 5.32 Å². The molecule has 2 rings (SSSR count). The van der Waals surface area contributed by atoms with Crippen molar-refractivity contribution < 1.29 is 8.42 Å². The molecule has 0 unspecified atom stereocenters. The Labute approximate surface area is 127 Å². The number of sulfonamides is 1. The van der Waals surface area contributed by atoms with E-state index in [1.807, 2.05) is 0 Å². The summed E-state index contributed by atoms with van der Waals surface area (Å²) >= 11 is 0. The van der Waals surface area contributed by atoms with Crippen LogP contribution >= 0.6 is 0 Å². The van der Waals surface area contributed by atoms with E-state index >= 15 is 0 Å². The lowest BCUT2D eigenvalue weighted by atomic mass is 9.89. The minimum absolute atomic E-state index is 0.271. The largest absolute Gasteiger partial charge is 0.397 e. The molecule has 0 atom stereocenters. The molecule has 1 fully saturated rings. The Hall–Kier alpha value is -1.27. The van der Waals surface area contributed by atoms with Gasteiger partial charge < -0.3 is 11.1 Å². The molecule has 1 aromatic rings. The molecule has 0 heterocycles. The number of benzene rings is 1. The molecular formula is C15H25N3O2S. The Morgan fingerprint density at radius 3 is 2.52 bits per heavy atom. The van der Waals surface area contributed by atoms with Gasteiger partial charge in [0.15, 0.2) is 0 Å². The van der Waals surface area contributed by atoms with Crippen LogP contribution in [-0.2, 0) is 10.0 Å². The highest BCUT2D eigenvalue weighted by Crippen LogP contribution is 2.27. The van der Waals surface area contributed by atoms with E-state index < -0.39 is 10.0 Å². The molecule has 21 heavy (non-hydrogen) atoms. The number of anilines is 2. The molecule has 5 nitrogen and oxygen atoms in total. The molecule has 0 radical (unpaired) electrons. The lowest BCUT2D eigenvalue weighted by Crippen LogP contribution is -2.22. The van der Waals surface area contributed by atoms with E-state index in [4.69, 9.17) is 5.73 Å². The second kappa shape index (κ2) is 6.66. The third-order valence-corrected chi connectivity index (χ3v) is 5.92. The molecule has 1 aliphatic rings. The molecule has 1 aromatic carbocycles. The third kappa shape index (κ3) is 3.89. The summed E-state index contributed by atoms with van der Waals surface area (Å²) in [5.41, 5.74) is 7.25. The van der Waals surface area contributed by atoms with Gasteiger partial charge in [0.05, 0.1) is 16.3 Å². The molecular weight excluding hydrogens is 286 g/mol. The Kier molecular flexibility index (Phi) is 5.11. The number of rotatable bonds is 5. The highest BCUT2D eigenvalue weighted by atomic mass is 32.2. The van der Waals surface area contributed by atoms with Gasteiger partial charge in [0, 0.05) is 20.6 Å². The summed E-state index contributed by atoms with van der Waals surface area (Å²) in [7, 11) is -0.364. The van der Waals surface area contributed by atoms with Gasteiger partial charge in [-0.2, -0.15) is 0 Å². The second-order valence-corrected chi connectivity index (χ2v) is 8.07. The molecule has 0 amide bonds. The molecule has 1 aliphatic carbocycles. The lowest BCUT2D eigenvalue weighted by Gasteiger charge is -2.23. The van der Waals surface area contributed by atoms with Crippen molar-refractivity contribution >= 4 is 21.4 Å². The molecule has 3 N–H and O–H groups in total. The van der Waals surface area contributed by atoms with Crippen LogP contribution in [0.15, 0.2) is 23.1 Å². The number of hydrogen-bond donors (Lipinski definition) is 2. The summed E-state index contributed by atoms with van der Waals surface area (Å²) in [6, 6.07) is 4.84. The predicted octanol–water partition coefficient (Wildman–Crippen LogP) is 2.51. The Balaban J connectivity index is 2.12. The molecule has 1 saturated carbocycles. The van der Waals surface area contributed by atoms with Crippen LogP contribution in [0, 0.1) is 5.92 Å². The fourth-order valence-corrected chi connectivity index (χ4v) is 3.63. The maximum absolute atomic E-state index is 12.2. The van der Waals surface area contributed by atoms with Crippen molar-refractivity contribution in [3.8, 4) is 0 Å². The van der Waals surface area contributed by atoms with Crippen molar-refractivity contribution in [1.29, 1.82) is 0 Å². The number of nitrogen functional groups attached to an aromatic ring is 1. The van der Waals surface area contributed by atoms with Crippen LogP contribution in [-0.4, -0.2) is 33.4 Å². The summed E-state index contributed by atoms with van der Waals surface area (Å²) in [6.07, 6.45) is 6.38.